The maximum atomic E-state index is 12.8. The zero-order chi connectivity index (χ0) is 21.8. The van der Waals surface area contributed by atoms with E-state index in [4.69, 9.17) is 11.6 Å². The SMILES string of the molecule is O=C(c1ccc([N+](=O)[O-])cc1Cl)N1CCN(c2ccc(Nc3ccncc3)nn2)CC1. The van der Waals surface area contributed by atoms with Gasteiger partial charge in [0.15, 0.2) is 11.6 Å². The van der Waals surface area contributed by atoms with E-state index in [2.05, 4.69) is 20.5 Å². The summed E-state index contributed by atoms with van der Waals surface area (Å²) in [7, 11) is 0. The van der Waals surface area contributed by atoms with Crippen molar-refractivity contribution in [2.75, 3.05) is 36.4 Å². The highest BCUT2D eigenvalue weighted by Gasteiger charge is 2.25. The van der Waals surface area contributed by atoms with Crippen molar-refractivity contribution in [1.82, 2.24) is 20.1 Å². The summed E-state index contributed by atoms with van der Waals surface area (Å²) >= 11 is 6.09. The van der Waals surface area contributed by atoms with Crippen LogP contribution >= 0.6 is 11.6 Å². The van der Waals surface area contributed by atoms with E-state index in [0.29, 0.717) is 32.0 Å². The molecule has 4 rings (SSSR count). The second-order valence-electron chi connectivity index (χ2n) is 6.84. The predicted molar refractivity (Wildman–Crippen MR) is 116 cm³/mol. The maximum Gasteiger partial charge on any atom is 0.270 e. The fourth-order valence-corrected chi connectivity index (χ4v) is 3.50. The molecule has 0 spiro atoms. The third-order valence-corrected chi connectivity index (χ3v) is 5.20. The first-order valence-corrected chi connectivity index (χ1v) is 9.88. The van der Waals surface area contributed by atoms with Crippen molar-refractivity contribution in [3.8, 4) is 0 Å². The fourth-order valence-electron chi connectivity index (χ4n) is 3.24. The van der Waals surface area contributed by atoms with Crippen LogP contribution in [0.1, 0.15) is 10.4 Å². The Morgan fingerprint density at radius 1 is 1.03 bits per heavy atom. The minimum atomic E-state index is -0.544. The minimum absolute atomic E-state index is 0.0739. The molecule has 158 valence electrons. The van der Waals surface area contributed by atoms with Crippen LogP contribution in [-0.4, -0.2) is 57.1 Å². The summed E-state index contributed by atoms with van der Waals surface area (Å²) in [4.78, 5) is 30.8. The number of amides is 1. The summed E-state index contributed by atoms with van der Waals surface area (Å²) in [5.74, 6) is 1.10. The van der Waals surface area contributed by atoms with Crippen LogP contribution < -0.4 is 10.2 Å². The van der Waals surface area contributed by atoms with E-state index in [-0.39, 0.29) is 22.2 Å². The first kappa shape index (κ1) is 20.5. The molecule has 1 amide bonds. The summed E-state index contributed by atoms with van der Waals surface area (Å²) in [6, 6.07) is 11.3. The van der Waals surface area contributed by atoms with Gasteiger partial charge in [-0.1, -0.05) is 11.6 Å². The van der Waals surface area contributed by atoms with Crippen LogP contribution in [0, 0.1) is 10.1 Å². The fraction of sp³-hybridized carbons (Fsp3) is 0.200. The smallest absolute Gasteiger partial charge is 0.270 e. The number of rotatable bonds is 5. The number of anilines is 3. The Bertz CT molecular complexity index is 1090. The lowest BCUT2D eigenvalue weighted by Crippen LogP contribution is -2.49. The van der Waals surface area contributed by atoms with E-state index < -0.39 is 4.92 Å². The monoisotopic (exact) mass is 439 g/mol. The third-order valence-electron chi connectivity index (χ3n) is 4.89. The van der Waals surface area contributed by atoms with Crippen LogP contribution in [0.5, 0.6) is 0 Å². The number of benzene rings is 1. The van der Waals surface area contributed by atoms with Gasteiger partial charge in [0.25, 0.3) is 11.6 Å². The Kier molecular flexibility index (Phi) is 5.89. The van der Waals surface area contributed by atoms with Gasteiger partial charge in [-0.2, -0.15) is 0 Å². The number of hydrogen-bond donors (Lipinski definition) is 1. The largest absolute Gasteiger partial charge is 0.352 e. The number of nitro benzene ring substituents is 1. The summed E-state index contributed by atoms with van der Waals surface area (Å²) in [5, 5.41) is 22.6. The number of piperazine rings is 1. The third kappa shape index (κ3) is 4.69. The number of nitrogens with one attached hydrogen (secondary N) is 1. The van der Waals surface area contributed by atoms with Crippen LogP contribution in [0.25, 0.3) is 0 Å². The molecule has 1 aromatic carbocycles. The van der Waals surface area contributed by atoms with E-state index >= 15 is 0 Å². The number of carbonyl (C=O) groups excluding carboxylic acids is 1. The number of halogens is 1. The average Bonchev–Trinajstić information content (AvgIpc) is 2.80. The van der Waals surface area contributed by atoms with Crippen LogP contribution in [-0.2, 0) is 0 Å². The molecule has 0 unspecified atom stereocenters. The quantitative estimate of drug-likeness (QED) is 0.476. The van der Waals surface area contributed by atoms with Gasteiger partial charge in [-0.3, -0.25) is 19.9 Å². The molecule has 2 aromatic heterocycles. The molecule has 3 aromatic rings. The Balaban J connectivity index is 1.36. The van der Waals surface area contributed by atoms with Crippen LogP contribution in [0.4, 0.5) is 23.0 Å². The molecule has 0 radical (unpaired) electrons. The molecule has 0 bridgehead atoms. The summed E-state index contributed by atoms with van der Waals surface area (Å²) < 4.78 is 0. The molecule has 1 aliphatic heterocycles. The number of hydrogen-bond acceptors (Lipinski definition) is 8. The lowest BCUT2D eigenvalue weighted by Gasteiger charge is -2.35. The zero-order valence-electron chi connectivity index (χ0n) is 16.3. The molecule has 0 aliphatic carbocycles. The van der Waals surface area contributed by atoms with E-state index in [1.54, 1.807) is 17.3 Å². The molecule has 0 atom stereocenters. The maximum absolute atomic E-state index is 12.8. The van der Waals surface area contributed by atoms with Gasteiger partial charge in [-0.15, -0.1) is 10.2 Å². The summed E-state index contributed by atoms with van der Waals surface area (Å²) in [6.45, 7) is 2.12. The first-order chi connectivity index (χ1) is 15.0. The van der Waals surface area contributed by atoms with Gasteiger partial charge in [-0.25, -0.2) is 0 Å². The number of nitro groups is 1. The van der Waals surface area contributed by atoms with Gasteiger partial charge in [0.2, 0.25) is 0 Å². The highest BCUT2D eigenvalue weighted by molar-refractivity contribution is 6.34. The Morgan fingerprint density at radius 3 is 2.39 bits per heavy atom. The van der Waals surface area contributed by atoms with Crippen molar-refractivity contribution in [2.45, 2.75) is 0 Å². The normalized spacial score (nSPS) is 13.7. The van der Waals surface area contributed by atoms with Gasteiger partial charge >= 0.3 is 0 Å². The van der Waals surface area contributed by atoms with Crippen molar-refractivity contribution in [2.24, 2.45) is 0 Å². The first-order valence-electron chi connectivity index (χ1n) is 9.50. The topological polar surface area (TPSA) is 117 Å². The van der Waals surface area contributed by atoms with E-state index in [1.165, 1.54) is 18.2 Å². The van der Waals surface area contributed by atoms with Crippen LogP contribution in [0.3, 0.4) is 0 Å². The van der Waals surface area contributed by atoms with Crippen molar-refractivity contribution < 1.29 is 9.72 Å². The molecule has 11 heteroatoms. The van der Waals surface area contributed by atoms with Gasteiger partial charge in [-0.05, 0) is 30.3 Å². The Labute approximate surface area is 182 Å². The van der Waals surface area contributed by atoms with Crippen LogP contribution in [0.15, 0.2) is 54.9 Å². The molecular weight excluding hydrogens is 422 g/mol. The Morgan fingerprint density at radius 2 is 1.77 bits per heavy atom. The van der Waals surface area contributed by atoms with Gasteiger partial charge < -0.3 is 15.1 Å². The lowest BCUT2D eigenvalue weighted by atomic mass is 10.1. The molecule has 1 saturated heterocycles. The lowest BCUT2D eigenvalue weighted by molar-refractivity contribution is -0.384. The molecule has 31 heavy (non-hydrogen) atoms. The number of carbonyl (C=O) groups is 1. The number of aromatic nitrogens is 3. The molecule has 1 N–H and O–H groups in total. The Hall–Kier alpha value is -3.79. The van der Waals surface area contributed by atoms with E-state index in [0.717, 1.165) is 11.5 Å². The second kappa shape index (κ2) is 8.92. The van der Waals surface area contributed by atoms with Crippen molar-refractivity contribution in [1.29, 1.82) is 0 Å². The molecule has 0 saturated carbocycles. The van der Waals surface area contributed by atoms with E-state index in [1.807, 2.05) is 29.2 Å². The van der Waals surface area contributed by atoms with E-state index in [9.17, 15) is 14.9 Å². The van der Waals surface area contributed by atoms with Crippen LogP contribution in [0.2, 0.25) is 5.02 Å². The molecular formula is C20H18ClN7O3. The summed E-state index contributed by atoms with van der Waals surface area (Å²) in [6.07, 6.45) is 3.38. The zero-order valence-corrected chi connectivity index (χ0v) is 17.1. The number of non-ortho nitro benzene ring substituents is 1. The van der Waals surface area contributed by atoms with Gasteiger partial charge in [0.05, 0.1) is 15.5 Å². The predicted octanol–water partition coefficient (Wildman–Crippen LogP) is 3.14. The molecule has 1 aliphatic rings. The average molecular weight is 440 g/mol. The van der Waals surface area contributed by atoms with Crippen molar-refractivity contribution in [3.05, 3.63) is 75.6 Å². The highest BCUT2D eigenvalue weighted by atomic mass is 35.5. The van der Waals surface area contributed by atoms with Crippen molar-refractivity contribution >= 4 is 40.5 Å². The summed E-state index contributed by atoms with van der Waals surface area (Å²) in [5.41, 5.74) is 0.980. The van der Waals surface area contributed by atoms with Gasteiger partial charge in [0.1, 0.15) is 0 Å². The van der Waals surface area contributed by atoms with Gasteiger partial charge in [0, 0.05) is 56.4 Å². The standard InChI is InChI=1S/C20H18ClN7O3/c21-17-13-15(28(30)31)1-2-16(17)20(29)27-11-9-26(10-12-27)19-4-3-18(24-25-19)23-14-5-7-22-8-6-14/h1-8,13H,9-12H2,(H,22,23,24). The highest BCUT2D eigenvalue weighted by Crippen LogP contribution is 2.24. The molecule has 3 heterocycles. The minimum Gasteiger partial charge on any atom is -0.352 e. The number of nitrogens with zero attached hydrogens (tertiary/aromatic N) is 6. The number of pyridine rings is 1. The molecule has 1 fully saturated rings. The molecule has 10 nitrogen and oxygen atoms in total. The van der Waals surface area contributed by atoms with Crippen molar-refractivity contribution in [3.63, 3.8) is 0 Å². The second-order valence-corrected chi connectivity index (χ2v) is 7.25.